The minimum absolute atomic E-state index is 0.771. The molecular formula is C10H15N5. The molecule has 0 atom stereocenters. The fraction of sp³-hybridized carbons (Fsp3) is 0.400. The Bertz CT molecular complexity index is 390. The molecule has 5 heteroatoms. The summed E-state index contributed by atoms with van der Waals surface area (Å²) in [5.41, 5.74) is 1.20. The van der Waals surface area contributed by atoms with E-state index in [1.54, 1.807) is 6.20 Å². The first kappa shape index (κ1) is 9.92. The molecule has 0 amide bonds. The molecule has 80 valence electrons. The van der Waals surface area contributed by atoms with Gasteiger partial charge in [0.1, 0.15) is 5.82 Å². The summed E-state index contributed by atoms with van der Waals surface area (Å²) in [6.07, 6.45) is 7.49. The van der Waals surface area contributed by atoms with Gasteiger partial charge in [0.15, 0.2) is 0 Å². The second-order valence-corrected chi connectivity index (χ2v) is 3.49. The highest BCUT2D eigenvalue weighted by Crippen LogP contribution is 1.93. The van der Waals surface area contributed by atoms with E-state index in [9.17, 15) is 0 Å². The topological polar surface area (TPSA) is 58.5 Å². The summed E-state index contributed by atoms with van der Waals surface area (Å²) in [5.74, 6) is 0.964. The van der Waals surface area contributed by atoms with Gasteiger partial charge in [0.2, 0.25) is 0 Å². The van der Waals surface area contributed by atoms with Gasteiger partial charge in [-0.05, 0) is 12.5 Å². The zero-order chi connectivity index (χ0) is 10.5. The number of nitrogens with one attached hydrogen (secondary N) is 2. The summed E-state index contributed by atoms with van der Waals surface area (Å²) in [6, 6.07) is 0. The number of aryl methyl sites for hydroxylation is 1. The van der Waals surface area contributed by atoms with Crippen molar-refractivity contribution < 1.29 is 0 Å². The van der Waals surface area contributed by atoms with Crippen molar-refractivity contribution in [2.24, 2.45) is 0 Å². The number of imidazole rings is 1. The third-order valence-electron chi connectivity index (χ3n) is 2.13. The van der Waals surface area contributed by atoms with Crippen LogP contribution in [0.25, 0.3) is 0 Å². The number of aromatic nitrogens is 4. The molecule has 0 saturated carbocycles. The van der Waals surface area contributed by atoms with Gasteiger partial charge in [0, 0.05) is 25.1 Å². The van der Waals surface area contributed by atoms with Crippen LogP contribution in [0.2, 0.25) is 0 Å². The molecule has 0 fully saturated rings. The van der Waals surface area contributed by atoms with Gasteiger partial charge in [0.05, 0.1) is 19.3 Å². The van der Waals surface area contributed by atoms with Gasteiger partial charge >= 0.3 is 0 Å². The molecule has 0 spiro atoms. The van der Waals surface area contributed by atoms with Crippen LogP contribution in [0.4, 0.5) is 0 Å². The number of rotatable bonds is 5. The Balaban J connectivity index is 1.67. The maximum absolute atomic E-state index is 4.20. The SMILES string of the molecule is Cc1cnn(CCNCc2ncc[nH]2)c1. The quantitative estimate of drug-likeness (QED) is 0.707. The van der Waals surface area contributed by atoms with Gasteiger partial charge in [-0.15, -0.1) is 0 Å². The number of hydrogen-bond donors (Lipinski definition) is 2. The normalized spacial score (nSPS) is 10.7. The van der Waals surface area contributed by atoms with Gasteiger partial charge in [-0.25, -0.2) is 4.98 Å². The lowest BCUT2D eigenvalue weighted by Gasteiger charge is -2.02. The van der Waals surface area contributed by atoms with Gasteiger partial charge in [-0.2, -0.15) is 5.10 Å². The number of aromatic amines is 1. The van der Waals surface area contributed by atoms with Crippen molar-refractivity contribution in [2.75, 3.05) is 6.54 Å². The van der Waals surface area contributed by atoms with Gasteiger partial charge in [-0.3, -0.25) is 4.68 Å². The van der Waals surface area contributed by atoms with Crippen molar-refractivity contribution in [2.45, 2.75) is 20.0 Å². The van der Waals surface area contributed by atoms with Gasteiger partial charge < -0.3 is 10.3 Å². The van der Waals surface area contributed by atoms with E-state index in [0.29, 0.717) is 0 Å². The molecule has 0 aromatic carbocycles. The molecule has 2 aromatic rings. The second-order valence-electron chi connectivity index (χ2n) is 3.49. The maximum atomic E-state index is 4.20. The van der Waals surface area contributed by atoms with E-state index < -0.39 is 0 Å². The minimum Gasteiger partial charge on any atom is -0.348 e. The third kappa shape index (κ3) is 2.92. The standard InChI is InChI=1S/C10H15N5/c1-9-6-14-15(8-9)5-4-11-7-10-12-2-3-13-10/h2-3,6,8,11H,4-5,7H2,1H3,(H,12,13). The molecule has 2 aromatic heterocycles. The van der Waals surface area contributed by atoms with E-state index in [2.05, 4.69) is 20.4 Å². The fourth-order valence-corrected chi connectivity index (χ4v) is 1.38. The lowest BCUT2D eigenvalue weighted by atomic mass is 10.4. The van der Waals surface area contributed by atoms with E-state index in [1.165, 1.54) is 5.56 Å². The summed E-state index contributed by atoms with van der Waals surface area (Å²) in [6.45, 7) is 4.59. The van der Waals surface area contributed by atoms with Crippen LogP contribution in [0.5, 0.6) is 0 Å². The Morgan fingerprint density at radius 2 is 2.47 bits per heavy atom. The van der Waals surface area contributed by atoms with Crippen LogP contribution in [0.15, 0.2) is 24.8 Å². The van der Waals surface area contributed by atoms with Crippen molar-refractivity contribution in [3.63, 3.8) is 0 Å². The summed E-state index contributed by atoms with van der Waals surface area (Å²) < 4.78 is 1.93. The van der Waals surface area contributed by atoms with Crippen LogP contribution in [0.1, 0.15) is 11.4 Å². The third-order valence-corrected chi connectivity index (χ3v) is 2.13. The maximum Gasteiger partial charge on any atom is 0.120 e. The van der Waals surface area contributed by atoms with Crippen LogP contribution >= 0.6 is 0 Å². The second kappa shape index (κ2) is 4.75. The van der Waals surface area contributed by atoms with E-state index in [-0.39, 0.29) is 0 Å². The molecule has 0 unspecified atom stereocenters. The molecule has 2 heterocycles. The van der Waals surface area contributed by atoms with E-state index in [4.69, 9.17) is 0 Å². The largest absolute Gasteiger partial charge is 0.348 e. The van der Waals surface area contributed by atoms with Crippen LogP contribution in [-0.2, 0) is 13.1 Å². The zero-order valence-electron chi connectivity index (χ0n) is 8.77. The Kier molecular flexibility index (Phi) is 3.14. The first-order valence-corrected chi connectivity index (χ1v) is 5.02. The monoisotopic (exact) mass is 205 g/mol. The molecular weight excluding hydrogens is 190 g/mol. The first-order valence-electron chi connectivity index (χ1n) is 5.02. The lowest BCUT2D eigenvalue weighted by Crippen LogP contribution is -2.20. The molecule has 5 nitrogen and oxygen atoms in total. The minimum atomic E-state index is 0.771. The highest BCUT2D eigenvalue weighted by atomic mass is 15.3. The average molecular weight is 205 g/mol. The highest BCUT2D eigenvalue weighted by molar-refractivity contribution is 4.99. The molecule has 0 aliphatic carbocycles. The molecule has 2 rings (SSSR count). The average Bonchev–Trinajstić information content (AvgIpc) is 2.84. The summed E-state index contributed by atoms with van der Waals surface area (Å²) in [7, 11) is 0. The highest BCUT2D eigenvalue weighted by Gasteiger charge is 1.95. The Morgan fingerprint density at radius 1 is 1.53 bits per heavy atom. The van der Waals surface area contributed by atoms with Gasteiger partial charge in [-0.1, -0.05) is 0 Å². The number of nitrogens with zero attached hydrogens (tertiary/aromatic N) is 3. The van der Waals surface area contributed by atoms with E-state index in [0.717, 1.165) is 25.5 Å². The van der Waals surface area contributed by atoms with E-state index in [1.807, 2.05) is 30.2 Å². The van der Waals surface area contributed by atoms with Crippen LogP contribution in [-0.4, -0.2) is 26.3 Å². The van der Waals surface area contributed by atoms with Crippen LogP contribution in [0, 0.1) is 6.92 Å². The predicted octanol–water partition coefficient (Wildman–Crippen LogP) is 0.704. The molecule has 0 aliphatic rings. The van der Waals surface area contributed by atoms with Crippen molar-refractivity contribution in [3.8, 4) is 0 Å². The lowest BCUT2D eigenvalue weighted by molar-refractivity contribution is 0.548. The Morgan fingerprint density at radius 3 is 3.13 bits per heavy atom. The van der Waals surface area contributed by atoms with Crippen LogP contribution in [0.3, 0.4) is 0 Å². The van der Waals surface area contributed by atoms with Crippen molar-refractivity contribution >= 4 is 0 Å². The summed E-state index contributed by atoms with van der Waals surface area (Å²) >= 11 is 0. The molecule has 0 radical (unpaired) electrons. The Hall–Kier alpha value is -1.62. The van der Waals surface area contributed by atoms with E-state index >= 15 is 0 Å². The summed E-state index contributed by atoms with van der Waals surface area (Å²) in [4.78, 5) is 7.17. The Labute approximate surface area is 88.5 Å². The number of hydrogen-bond acceptors (Lipinski definition) is 3. The van der Waals surface area contributed by atoms with Crippen molar-refractivity contribution in [1.82, 2.24) is 25.1 Å². The van der Waals surface area contributed by atoms with Gasteiger partial charge in [0.25, 0.3) is 0 Å². The molecule has 0 bridgehead atoms. The molecule has 2 N–H and O–H groups in total. The fourth-order valence-electron chi connectivity index (χ4n) is 1.38. The molecule has 15 heavy (non-hydrogen) atoms. The predicted molar refractivity (Wildman–Crippen MR) is 57.3 cm³/mol. The molecule has 0 saturated heterocycles. The first-order chi connectivity index (χ1) is 7.34. The zero-order valence-corrected chi connectivity index (χ0v) is 8.77. The number of H-pyrrole nitrogens is 1. The smallest absolute Gasteiger partial charge is 0.120 e. The van der Waals surface area contributed by atoms with Crippen LogP contribution < -0.4 is 5.32 Å². The van der Waals surface area contributed by atoms with Crippen molar-refractivity contribution in [3.05, 3.63) is 36.2 Å². The molecule has 0 aliphatic heterocycles. The summed E-state index contributed by atoms with van der Waals surface area (Å²) in [5, 5.41) is 7.49. The van der Waals surface area contributed by atoms with Crippen molar-refractivity contribution in [1.29, 1.82) is 0 Å².